The van der Waals surface area contributed by atoms with Crippen molar-refractivity contribution in [1.82, 2.24) is 4.90 Å². The van der Waals surface area contributed by atoms with Gasteiger partial charge in [0, 0.05) is 23.1 Å². The van der Waals surface area contributed by atoms with Gasteiger partial charge in [-0.25, -0.2) is 0 Å². The number of halogens is 1. The van der Waals surface area contributed by atoms with Crippen LogP contribution in [0.25, 0.3) is 0 Å². The SMILES string of the molecule is CC(Oc1ccc(Br)cc1[C@H](C)O)C(=O)N1CCCC1. The van der Waals surface area contributed by atoms with Crippen molar-refractivity contribution in [3.8, 4) is 5.75 Å². The molecule has 1 aromatic carbocycles. The Kier molecular flexibility index (Phi) is 5.05. The van der Waals surface area contributed by atoms with E-state index < -0.39 is 12.2 Å². The molecule has 0 saturated carbocycles. The number of carbonyl (C=O) groups is 1. The summed E-state index contributed by atoms with van der Waals surface area (Å²) in [5, 5.41) is 9.80. The van der Waals surface area contributed by atoms with E-state index in [1.54, 1.807) is 19.9 Å². The second-order valence-corrected chi connectivity index (χ2v) is 6.07. The van der Waals surface area contributed by atoms with E-state index in [1.807, 2.05) is 17.0 Å². The van der Waals surface area contributed by atoms with Gasteiger partial charge in [-0.3, -0.25) is 4.79 Å². The lowest BCUT2D eigenvalue weighted by Gasteiger charge is -2.23. The van der Waals surface area contributed by atoms with Crippen LogP contribution in [0.1, 0.15) is 38.4 Å². The number of hydrogen-bond donors (Lipinski definition) is 1. The third-order valence-corrected chi connectivity index (χ3v) is 3.98. The quantitative estimate of drug-likeness (QED) is 0.915. The molecule has 1 saturated heterocycles. The lowest BCUT2D eigenvalue weighted by atomic mass is 10.1. The first kappa shape index (κ1) is 15.3. The number of aliphatic hydroxyl groups excluding tert-OH is 1. The van der Waals surface area contributed by atoms with E-state index >= 15 is 0 Å². The van der Waals surface area contributed by atoms with Crippen molar-refractivity contribution in [2.45, 2.75) is 38.9 Å². The molecule has 2 rings (SSSR count). The fourth-order valence-electron chi connectivity index (χ4n) is 2.39. The standard InChI is InChI=1S/C15H20BrNO3/c1-10(18)13-9-12(16)5-6-14(13)20-11(2)15(19)17-7-3-4-8-17/h5-6,9-11,18H,3-4,7-8H2,1-2H3/t10-,11?/m0/s1. The Hall–Kier alpha value is -1.07. The summed E-state index contributed by atoms with van der Waals surface area (Å²) < 4.78 is 6.64. The molecular weight excluding hydrogens is 322 g/mol. The van der Waals surface area contributed by atoms with Crippen LogP contribution < -0.4 is 4.74 Å². The number of rotatable bonds is 4. The second kappa shape index (κ2) is 6.59. The first-order chi connectivity index (χ1) is 9.49. The number of hydrogen-bond acceptors (Lipinski definition) is 3. The Labute approximate surface area is 127 Å². The monoisotopic (exact) mass is 341 g/mol. The largest absolute Gasteiger partial charge is 0.481 e. The maximum atomic E-state index is 12.2. The molecule has 1 heterocycles. The van der Waals surface area contributed by atoms with Crippen molar-refractivity contribution in [2.24, 2.45) is 0 Å². The Morgan fingerprint density at radius 1 is 1.35 bits per heavy atom. The van der Waals surface area contributed by atoms with Crippen LogP contribution >= 0.6 is 15.9 Å². The van der Waals surface area contributed by atoms with Gasteiger partial charge in [0.15, 0.2) is 6.10 Å². The molecule has 0 radical (unpaired) electrons. The zero-order valence-corrected chi connectivity index (χ0v) is 13.4. The summed E-state index contributed by atoms with van der Waals surface area (Å²) >= 11 is 3.37. The molecule has 1 aliphatic rings. The molecule has 0 aromatic heterocycles. The van der Waals surface area contributed by atoms with E-state index in [4.69, 9.17) is 4.74 Å². The molecule has 1 unspecified atom stereocenters. The summed E-state index contributed by atoms with van der Waals surface area (Å²) in [6.45, 7) is 5.07. The molecule has 1 amide bonds. The van der Waals surface area contributed by atoms with Crippen LogP contribution in [0.5, 0.6) is 5.75 Å². The van der Waals surface area contributed by atoms with E-state index in [0.717, 1.165) is 30.4 Å². The summed E-state index contributed by atoms with van der Waals surface area (Å²) in [5.41, 5.74) is 0.681. The van der Waals surface area contributed by atoms with E-state index in [2.05, 4.69) is 15.9 Å². The predicted molar refractivity (Wildman–Crippen MR) is 80.7 cm³/mol. The van der Waals surface area contributed by atoms with Crippen molar-refractivity contribution in [1.29, 1.82) is 0 Å². The first-order valence-electron chi connectivity index (χ1n) is 6.92. The normalized spacial score (nSPS) is 17.9. The third-order valence-electron chi connectivity index (χ3n) is 3.49. The smallest absolute Gasteiger partial charge is 0.263 e. The van der Waals surface area contributed by atoms with Crippen molar-refractivity contribution in [3.63, 3.8) is 0 Å². The molecule has 0 bridgehead atoms. The number of likely N-dealkylation sites (tertiary alicyclic amines) is 1. The summed E-state index contributed by atoms with van der Waals surface area (Å²) in [5.74, 6) is 0.574. The molecule has 5 heteroatoms. The van der Waals surface area contributed by atoms with Gasteiger partial charge in [-0.05, 0) is 44.9 Å². The summed E-state index contributed by atoms with van der Waals surface area (Å²) in [6, 6.07) is 5.43. The highest BCUT2D eigenvalue weighted by atomic mass is 79.9. The van der Waals surface area contributed by atoms with Gasteiger partial charge in [-0.15, -0.1) is 0 Å². The number of benzene rings is 1. The molecular formula is C15H20BrNO3. The van der Waals surface area contributed by atoms with Crippen LogP contribution in [0.15, 0.2) is 22.7 Å². The molecule has 20 heavy (non-hydrogen) atoms. The minimum absolute atomic E-state index is 0.0157. The Morgan fingerprint density at radius 3 is 2.60 bits per heavy atom. The van der Waals surface area contributed by atoms with Gasteiger partial charge in [0.2, 0.25) is 0 Å². The highest BCUT2D eigenvalue weighted by Crippen LogP contribution is 2.29. The molecule has 0 spiro atoms. The van der Waals surface area contributed by atoms with Gasteiger partial charge in [0.05, 0.1) is 6.10 Å². The average Bonchev–Trinajstić information content (AvgIpc) is 2.93. The van der Waals surface area contributed by atoms with Crippen molar-refractivity contribution in [3.05, 3.63) is 28.2 Å². The van der Waals surface area contributed by atoms with Crippen LogP contribution in [-0.2, 0) is 4.79 Å². The third kappa shape index (κ3) is 3.52. The molecule has 2 atom stereocenters. The van der Waals surface area contributed by atoms with Crippen LogP contribution in [-0.4, -0.2) is 35.1 Å². The number of aliphatic hydroxyl groups is 1. The molecule has 1 aliphatic heterocycles. The predicted octanol–water partition coefficient (Wildman–Crippen LogP) is 2.89. The van der Waals surface area contributed by atoms with Crippen LogP contribution in [0.4, 0.5) is 0 Å². The number of carbonyl (C=O) groups excluding carboxylic acids is 1. The van der Waals surface area contributed by atoms with Gasteiger partial charge in [0.1, 0.15) is 5.75 Å². The minimum Gasteiger partial charge on any atom is -0.481 e. The molecule has 4 nitrogen and oxygen atoms in total. The van der Waals surface area contributed by atoms with E-state index in [0.29, 0.717) is 11.3 Å². The lowest BCUT2D eigenvalue weighted by Crippen LogP contribution is -2.38. The van der Waals surface area contributed by atoms with Crippen LogP contribution in [0.2, 0.25) is 0 Å². The van der Waals surface area contributed by atoms with E-state index in [9.17, 15) is 9.90 Å². The lowest BCUT2D eigenvalue weighted by molar-refractivity contribution is -0.136. The number of ether oxygens (including phenoxy) is 1. The Bertz CT molecular complexity index is 484. The molecule has 110 valence electrons. The fourth-order valence-corrected chi connectivity index (χ4v) is 2.77. The van der Waals surface area contributed by atoms with Crippen LogP contribution in [0, 0.1) is 0 Å². The van der Waals surface area contributed by atoms with Crippen molar-refractivity contribution >= 4 is 21.8 Å². The minimum atomic E-state index is -0.642. The van der Waals surface area contributed by atoms with E-state index in [1.165, 1.54) is 0 Å². The Balaban J connectivity index is 2.10. The summed E-state index contributed by atoms with van der Waals surface area (Å²) in [7, 11) is 0. The summed E-state index contributed by atoms with van der Waals surface area (Å²) in [6.07, 6.45) is 0.953. The summed E-state index contributed by atoms with van der Waals surface area (Å²) in [4.78, 5) is 14.1. The van der Waals surface area contributed by atoms with Crippen molar-refractivity contribution < 1.29 is 14.6 Å². The molecule has 1 aromatic rings. The topological polar surface area (TPSA) is 49.8 Å². The first-order valence-corrected chi connectivity index (χ1v) is 7.71. The second-order valence-electron chi connectivity index (χ2n) is 5.15. The number of amides is 1. The molecule has 0 aliphatic carbocycles. The maximum absolute atomic E-state index is 12.2. The van der Waals surface area contributed by atoms with Gasteiger partial charge >= 0.3 is 0 Å². The zero-order valence-electron chi connectivity index (χ0n) is 11.8. The average molecular weight is 342 g/mol. The van der Waals surface area contributed by atoms with Gasteiger partial charge in [-0.2, -0.15) is 0 Å². The van der Waals surface area contributed by atoms with Gasteiger partial charge in [0.25, 0.3) is 5.91 Å². The fraction of sp³-hybridized carbons (Fsp3) is 0.533. The van der Waals surface area contributed by atoms with Crippen molar-refractivity contribution in [2.75, 3.05) is 13.1 Å². The molecule has 1 N–H and O–H groups in total. The highest BCUT2D eigenvalue weighted by molar-refractivity contribution is 9.10. The highest BCUT2D eigenvalue weighted by Gasteiger charge is 2.25. The zero-order chi connectivity index (χ0) is 14.7. The van der Waals surface area contributed by atoms with Gasteiger partial charge < -0.3 is 14.7 Å². The van der Waals surface area contributed by atoms with Gasteiger partial charge in [-0.1, -0.05) is 15.9 Å². The molecule has 1 fully saturated rings. The number of nitrogens with zero attached hydrogens (tertiary/aromatic N) is 1. The maximum Gasteiger partial charge on any atom is 0.263 e. The Morgan fingerprint density at radius 2 is 2.00 bits per heavy atom. The van der Waals surface area contributed by atoms with Crippen LogP contribution in [0.3, 0.4) is 0 Å². The van der Waals surface area contributed by atoms with E-state index in [-0.39, 0.29) is 5.91 Å².